The number of ether oxygens (including phenoxy) is 1. The van der Waals surface area contributed by atoms with E-state index < -0.39 is 35.7 Å². The molecule has 0 bridgehead atoms. The predicted octanol–water partition coefficient (Wildman–Crippen LogP) is 4.20. The van der Waals surface area contributed by atoms with Crippen molar-refractivity contribution in [2.45, 2.75) is 26.4 Å². The number of hydrogen-bond acceptors (Lipinski definition) is 2. The van der Waals surface area contributed by atoms with Crippen LogP contribution < -0.4 is 10.1 Å². The molecule has 1 rings (SSSR count). The summed E-state index contributed by atoms with van der Waals surface area (Å²) in [6, 6.07) is 1.80. The van der Waals surface area contributed by atoms with Gasteiger partial charge in [0, 0.05) is 11.6 Å². The number of rotatable bonds is 3. The zero-order chi connectivity index (χ0) is 16.4. The van der Waals surface area contributed by atoms with Crippen LogP contribution in [0.4, 0.5) is 32.0 Å². The number of nitrogens with one attached hydrogen (secondary N) is 1. The van der Waals surface area contributed by atoms with Gasteiger partial charge in [0.1, 0.15) is 5.75 Å². The number of alkyl halides is 6. The van der Waals surface area contributed by atoms with Crippen LogP contribution in [0.1, 0.15) is 19.4 Å². The second-order valence-corrected chi connectivity index (χ2v) is 4.40. The lowest BCUT2D eigenvalue weighted by Crippen LogP contribution is -2.21. The van der Waals surface area contributed by atoms with Crippen molar-refractivity contribution in [1.82, 2.24) is 0 Å². The minimum absolute atomic E-state index is 0.268. The van der Waals surface area contributed by atoms with Crippen molar-refractivity contribution in [3.8, 4) is 5.75 Å². The first-order valence-electron chi connectivity index (χ1n) is 5.68. The number of halogens is 6. The Labute approximate surface area is 115 Å². The molecular weight excluding hydrogens is 304 g/mol. The van der Waals surface area contributed by atoms with Gasteiger partial charge in [0.15, 0.2) is 0 Å². The summed E-state index contributed by atoms with van der Waals surface area (Å²) in [6.45, 7) is 3.03. The van der Waals surface area contributed by atoms with E-state index in [2.05, 4.69) is 10.1 Å². The van der Waals surface area contributed by atoms with Crippen LogP contribution in [0.3, 0.4) is 0 Å². The second-order valence-electron chi connectivity index (χ2n) is 4.40. The van der Waals surface area contributed by atoms with Gasteiger partial charge in [-0.15, -0.1) is 13.2 Å². The zero-order valence-electron chi connectivity index (χ0n) is 10.9. The fourth-order valence-electron chi connectivity index (χ4n) is 1.33. The van der Waals surface area contributed by atoms with Gasteiger partial charge in [-0.2, -0.15) is 13.2 Å². The fourth-order valence-corrected chi connectivity index (χ4v) is 1.33. The Morgan fingerprint density at radius 1 is 1.14 bits per heavy atom. The molecule has 0 fully saturated rings. The van der Waals surface area contributed by atoms with Gasteiger partial charge in [-0.05, 0) is 18.2 Å². The first-order chi connectivity index (χ1) is 9.40. The maximum absolute atomic E-state index is 12.7. The molecule has 0 saturated heterocycles. The number of amides is 1. The van der Waals surface area contributed by atoms with Crippen LogP contribution in [-0.2, 0) is 11.0 Å². The molecule has 9 heteroatoms. The van der Waals surface area contributed by atoms with E-state index >= 15 is 0 Å². The zero-order valence-corrected chi connectivity index (χ0v) is 10.9. The monoisotopic (exact) mass is 315 g/mol. The summed E-state index contributed by atoms with van der Waals surface area (Å²) in [5.74, 6) is -2.43. The third kappa shape index (κ3) is 5.16. The molecule has 0 saturated carbocycles. The van der Waals surface area contributed by atoms with Gasteiger partial charge < -0.3 is 10.1 Å². The fraction of sp³-hybridized carbons (Fsp3) is 0.417. The Hall–Kier alpha value is -1.93. The van der Waals surface area contributed by atoms with Gasteiger partial charge in [-0.25, -0.2) is 0 Å². The Morgan fingerprint density at radius 3 is 2.14 bits per heavy atom. The Bertz CT molecular complexity index is 521. The number of benzene rings is 1. The highest BCUT2D eigenvalue weighted by atomic mass is 19.4. The van der Waals surface area contributed by atoms with Gasteiger partial charge in [0.25, 0.3) is 0 Å². The molecule has 0 spiro atoms. The average molecular weight is 315 g/mol. The summed E-state index contributed by atoms with van der Waals surface area (Å²) in [5, 5.41) is 2.17. The van der Waals surface area contributed by atoms with E-state index in [0.717, 1.165) is 6.07 Å². The minimum atomic E-state index is -5.25. The van der Waals surface area contributed by atoms with E-state index in [0.29, 0.717) is 12.1 Å². The summed E-state index contributed by atoms with van der Waals surface area (Å²) < 4.78 is 77.8. The molecule has 0 heterocycles. The summed E-state index contributed by atoms with van der Waals surface area (Å²) in [6.07, 6.45) is -10.3. The lowest BCUT2D eigenvalue weighted by atomic mass is 10.1. The van der Waals surface area contributed by atoms with Crippen molar-refractivity contribution in [2.24, 2.45) is 5.92 Å². The van der Waals surface area contributed by atoms with Crippen molar-refractivity contribution in [1.29, 1.82) is 0 Å². The Morgan fingerprint density at radius 2 is 1.71 bits per heavy atom. The number of carbonyl (C=O) groups is 1. The number of anilines is 1. The molecule has 0 aliphatic heterocycles. The third-order valence-corrected chi connectivity index (χ3v) is 2.30. The maximum Gasteiger partial charge on any atom is 0.573 e. The van der Waals surface area contributed by atoms with Crippen LogP contribution in [0.5, 0.6) is 5.75 Å². The molecule has 0 aliphatic rings. The van der Waals surface area contributed by atoms with Gasteiger partial charge in [-0.1, -0.05) is 13.8 Å². The standard InChI is InChI=1S/C12H11F6NO2/c1-6(2)10(20)19-7-3-4-9(21-12(16,17)18)8(5-7)11(13,14)15/h3-6H,1-2H3,(H,19,20). The van der Waals surface area contributed by atoms with Gasteiger partial charge >= 0.3 is 12.5 Å². The molecule has 3 nitrogen and oxygen atoms in total. The molecule has 0 aromatic heterocycles. The summed E-state index contributed by atoms with van der Waals surface area (Å²) in [7, 11) is 0. The molecule has 1 N–H and O–H groups in total. The first-order valence-corrected chi connectivity index (χ1v) is 5.68. The summed E-state index contributed by atoms with van der Waals surface area (Å²) >= 11 is 0. The second kappa shape index (κ2) is 5.82. The van der Waals surface area contributed by atoms with Crippen LogP contribution in [0.15, 0.2) is 18.2 Å². The van der Waals surface area contributed by atoms with Crippen molar-refractivity contribution in [3.05, 3.63) is 23.8 Å². The summed E-state index contributed by atoms with van der Waals surface area (Å²) in [5.41, 5.74) is -1.89. The van der Waals surface area contributed by atoms with E-state index in [1.165, 1.54) is 13.8 Å². The molecule has 21 heavy (non-hydrogen) atoms. The van der Waals surface area contributed by atoms with Gasteiger partial charge in [-0.3, -0.25) is 4.79 Å². The quantitative estimate of drug-likeness (QED) is 0.849. The van der Waals surface area contributed by atoms with E-state index in [9.17, 15) is 31.1 Å². The topological polar surface area (TPSA) is 38.3 Å². The predicted molar refractivity (Wildman–Crippen MR) is 61.6 cm³/mol. The largest absolute Gasteiger partial charge is 0.573 e. The molecule has 0 aliphatic carbocycles. The third-order valence-electron chi connectivity index (χ3n) is 2.30. The van der Waals surface area contributed by atoms with Crippen molar-refractivity contribution >= 4 is 11.6 Å². The average Bonchev–Trinajstić information content (AvgIpc) is 2.27. The number of carbonyl (C=O) groups excluding carboxylic acids is 1. The van der Waals surface area contributed by atoms with Crippen LogP contribution in [-0.4, -0.2) is 12.3 Å². The molecule has 118 valence electrons. The van der Waals surface area contributed by atoms with Crippen molar-refractivity contribution in [2.75, 3.05) is 5.32 Å². The van der Waals surface area contributed by atoms with Gasteiger partial charge in [0.2, 0.25) is 5.91 Å². The highest BCUT2D eigenvalue weighted by Crippen LogP contribution is 2.39. The highest BCUT2D eigenvalue weighted by Gasteiger charge is 2.39. The minimum Gasteiger partial charge on any atom is -0.405 e. The Balaban J connectivity index is 3.16. The van der Waals surface area contributed by atoms with E-state index in [1.54, 1.807) is 0 Å². The lowest BCUT2D eigenvalue weighted by Gasteiger charge is -2.17. The van der Waals surface area contributed by atoms with Crippen LogP contribution in [0.25, 0.3) is 0 Å². The first kappa shape index (κ1) is 17.1. The molecular formula is C12H11F6NO2. The van der Waals surface area contributed by atoms with Gasteiger partial charge in [0.05, 0.1) is 5.56 Å². The smallest absolute Gasteiger partial charge is 0.405 e. The molecule has 0 atom stereocenters. The van der Waals surface area contributed by atoms with Crippen LogP contribution >= 0.6 is 0 Å². The van der Waals surface area contributed by atoms with E-state index in [4.69, 9.17) is 0 Å². The van der Waals surface area contributed by atoms with Crippen LogP contribution in [0.2, 0.25) is 0 Å². The molecule has 0 radical (unpaired) electrons. The molecule has 1 aromatic carbocycles. The SMILES string of the molecule is CC(C)C(=O)Nc1ccc(OC(F)(F)F)c(C(F)(F)F)c1. The molecule has 0 unspecified atom stereocenters. The molecule has 1 aromatic rings. The molecule has 1 amide bonds. The maximum atomic E-state index is 12.7. The lowest BCUT2D eigenvalue weighted by molar-refractivity contribution is -0.276. The van der Waals surface area contributed by atoms with Crippen LogP contribution in [0, 0.1) is 5.92 Å². The Kier molecular flexibility index (Phi) is 4.75. The normalized spacial score (nSPS) is 12.4. The number of hydrogen-bond donors (Lipinski definition) is 1. The van der Waals surface area contributed by atoms with E-state index in [-0.39, 0.29) is 5.69 Å². The highest BCUT2D eigenvalue weighted by molar-refractivity contribution is 5.92. The van der Waals surface area contributed by atoms with Crippen molar-refractivity contribution in [3.63, 3.8) is 0 Å². The summed E-state index contributed by atoms with van der Waals surface area (Å²) in [4.78, 5) is 11.4. The van der Waals surface area contributed by atoms with E-state index in [1.807, 2.05) is 0 Å². The van der Waals surface area contributed by atoms with Crippen molar-refractivity contribution < 1.29 is 35.9 Å².